The van der Waals surface area contributed by atoms with Gasteiger partial charge in [0.05, 0.1) is 11.8 Å². The molecule has 1 unspecified atom stereocenters. The second-order valence-electron chi connectivity index (χ2n) is 6.77. The molecule has 0 aliphatic carbocycles. The fourth-order valence-corrected chi connectivity index (χ4v) is 4.40. The molecule has 140 valence electrons. The highest BCUT2D eigenvalue weighted by Gasteiger charge is 2.40. The molecule has 1 N–H and O–H groups in total. The van der Waals surface area contributed by atoms with Crippen molar-refractivity contribution < 1.29 is 27.4 Å². The topological polar surface area (TPSA) is 83.9 Å². The van der Waals surface area contributed by atoms with Crippen LogP contribution in [0.2, 0.25) is 0 Å². The van der Waals surface area contributed by atoms with Gasteiger partial charge in [-0.3, -0.25) is 4.79 Å². The molecule has 1 heterocycles. The van der Waals surface area contributed by atoms with Crippen molar-refractivity contribution in [3.05, 3.63) is 29.6 Å². The van der Waals surface area contributed by atoms with Crippen molar-refractivity contribution in [2.75, 3.05) is 12.3 Å². The van der Waals surface area contributed by atoms with Gasteiger partial charge in [0.1, 0.15) is 17.2 Å². The monoisotopic (exact) mass is 373 g/mol. The number of aliphatic carboxylic acids is 1. The van der Waals surface area contributed by atoms with Crippen molar-refractivity contribution in [1.82, 2.24) is 4.31 Å². The smallest absolute Gasteiger partial charge is 0.303 e. The van der Waals surface area contributed by atoms with Gasteiger partial charge < -0.3 is 9.84 Å². The predicted molar refractivity (Wildman–Crippen MR) is 91.5 cm³/mol. The number of carboxylic acid groups (broad SMARTS) is 1. The normalized spacial score (nSPS) is 19.3. The van der Waals surface area contributed by atoms with Gasteiger partial charge in [0, 0.05) is 24.9 Å². The van der Waals surface area contributed by atoms with Gasteiger partial charge >= 0.3 is 5.97 Å². The van der Waals surface area contributed by atoms with Crippen molar-refractivity contribution in [2.45, 2.75) is 51.7 Å². The first-order valence-corrected chi connectivity index (χ1v) is 9.86. The largest absolute Gasteiger partial charge is 0.487 e. The van der Waals surface area contributed by atoms with Gasteiger partial charge in [-0.1, -0.05) is 0 Å². The quantitative estimate of drug-likeness (QED) is 0.794. The second kappa shape index (κ2) is 7.29. The average Bonchev–Trinajstić information content (AvgIpc) is 2.50. The Hall–Kier alpha value is -1.67. The highest BCUT2D eigenvalue weighted by Crippen LogP contribution is 2.43. The van der Waals surface area contributed by atoms with Crippen molar-refractivity contribution in [1.29, 1.82) is 0 Å². The van der Waals surface area contributed by atoms with Crippen LogP contribution < -0.4 is 4.74 Å². The summed E-state index contributed by atoms with van der Waals surface area (Å²) >= 11 is 0. The van der Waals surface area contributed by atoms with E-state index in [0.29, 0.717) is 17.7 Å². The molecule has 0 bridgehead atoms. The fourth-order valence-electron chi connectivity index (χ4n) is 3.09. The summed E-state index contributed by atoms with van der Waals surface area (Å²) in [6.07, 6.45) is 0.422. The molecule has 2 rings (SSSR count). The second-order valence-corrected chi connectivity index (χ2v) is 8.98. The molecule has 0 aromatic heterocycles. The first kappa shape index (κ1) is 19.7. The molecule has 1 aromatic carbocycles. The summed E-state index contributed by atoms with van der Waals surface area (Å²) in [7, 11) is -3.60. The molecule has 0 fully saturated rings. The molecular weight excluding hydrogens is 349 g/mol. The van der Waals surface area contributed by atoms with E-state index in [1.165, 1.54) is 29.4 Å². The van der Waals surface area contributed by atoms with Crippen molar-refractivity contribution in [3.8, 4) is 5.75 Å². The first-order chi connectivity index (χ1) is 11.6. The highest BCUT2D eigenvalue weighted by atomic mass is 32.2. The van der Waals surface area contributed by atoms with E-state index in [4.69, 9.17) is 9.84 Å². The Kier molecular flexibility index (Phi) is 5.73. The molecule has 1 aliphatic rings. The van der Waals surface area contributed by atoms with Crippen LogP contribution in [0.5, 0.6) is 5.75 Å². The molecular formula is C17H24FNO5S. The minimum atomic E-state index is -3.60. The molecule has 0 saturated carbocycles. The van der Waals surface area contributed by atoms with Gasteiger partial charge in [-0.25, -0.2) is 12.8 Å². The molecule has 0 amide bonds. The number of hydrogen-bond donors (Lipinski definition) is 1. The SMILES string of the molecule is CCS(=O)(=O)N(CCCC(=O)O)C1CC(C)(C)Oc2ccc(F)cc21. The van der Waals surface area contributed by atoms with Crippen LogP contribution in [-0.2, 0) is 14.8 Å². The molecule has 0 saturated heterocycles. The van der Waals surface area contributed by atoms with E-state index < -0.39 is 33.5 Å². The van der Waals surface area contributed by atoms with E-state index in [1.54, 1.807) is 0 Å². The Labute approximate surface area is 147 Å². The van der Waals surface area contributed by atoms with Crippen LogP contribution >= 0.6 is 0 Å². The number of carboxylic acids is 1. The molecule has 1 aliphatic heterocycles. The van der Waals surface area contributed by atoms with Gasteiger partial charge in [0.25, 0.3) is 0 Å². The maximum Gasteiger partial charge on any atom is 0.303 e. The number of halogens is 1. The summed E-state index contributed by atoms with van der Waals surface area (Å²) in [5, 5.41) is 8.84. The maximum atomic E-state index is 13.8. The van der Waals surface area contributed by atoms with E-state index in [0.717, 1.165) is 0 Å². The number of nitrogens with zero attached hydrogens (tertiary/aromatic N) is 1. The third-order valence-electron chi connectivity index (χ3n) is 4.24. The summed E-state index contributed by atoms with van der Waals surface area (Å²) < 4.78 is 46.2. The number of sulfonamides is 1. The third-order valence-corrected chi connectivity index (χ3v) is 6.12. The number of hydrogen-bond acceptors (Lipinski definition) is 4. The zero-order valence-corrected chi connectivity index (χ0v) is 15.5. The third kappa shape index (κ3) is 4.70. The van der Waals surface area contributed by atoms with Gasteiger partial charge in [0.15, 0.2) is 0 Å². The van der Waals surface area contributed by atoms with E-state index >= 15 is 0 Å². The lowest BCUT2D eigenvalue weighted by Crippen LogP contribution is -2.44. The fraction of sp³-hybridized carbons (Fsp3) is 0.588. The molecule has 25 heavy (non-hydrogen) atoms. The van der Waals surface area contributed by atoms with E-state index in [1.807, 2.05) is 13.8 Å². The van der Waals surface area contributed by atoms with Gasteiger partial charge in [0.2, 0.25) is 10.0 Å². The lowest BCUT2D eigenvalue weighted by atomic mass is 9.89. The number of carbonyl (C=O) groups is 1. The van der Waals surface area contributed by atoms with Crippen LogP contribution in [0.25, 0.3) is 0 Å². The van der Waals surface area contributed by atoms with Crippen LogP contribution in [0.1, 0.15) is 51.6 Å². The van der Waals surface area contributed by atoms with Gasteiger partial charge in [-0.05, 0) is 45.4 Å². The molecule has 1 aromatic rings. The van der Waals surface area contributed by atoms with E-state index in [9.17, 15) is 17.6 Å². The maximum absolute atomic E-state index is 13.8. The standard InChI is InChI=1S/C17H24FNO5S/c1-4-25(22,23)19(9-5-6-16(20)21)14-11-17(2,3)24-15-8-7-12(18)10-13(14)15/h7-8,10,14H,4-6,9,11H2,1-3H3,(H,20,21). The molecule has 6 nitrogen and oxygen atoms in total. The lowest BCUT2D eigenvalue weighted by molar-refractivity contribution is -0.137. The molecule has 0 spiro atoms. The van der Waals surface area contributed by atoms with Crippen LogP contribution in [-0.4, -0.2) is 41.7 Å². The Morgan fingerprint density at radius 3 is 2.72 bits per heavy atom. The summed E-state index contributed by atoms with van der Waals surface area (Å²) in [5.41, 5.74) is -0.143. The zero-order valence-electron chi connectivity index (χ0n) is 14.7. The number of benzene rings is 1. The van der Waals surface area contributed by atoms with Crippen LogP contribution in [0.3, 0.4) is 0 Å². The Morgan fingerprint density at radius 2 is 2.12 bits per heavy atom. The van der Waals surface area contributed by atoms with Crippen molar-refractivity contribution in [3.63, 3.8) is 0 Å². The number of rotatable bonds is 7. The molecule has 1 atom stereocenters. The Bertz CT molecular complexity index is 747. The van der Waals surface area contributed by atoms with Crippen molar-refractivity contribution >= 4 is 16.0 Å². The highest BCUT2D eigenvalue weighted by molar-refractivity contribution is 7.89. The zero-order chi connectivity index (χ0) is 18.8. The Morgan fingerprint density at radius 1 is 1.44 bits per heavy atom. The average molecular weight is 373 g/mol. The van der Waals surface area contributed by atoms with Gasteiger partial charge in [-0.15, -0.1) is 0 Å². The number of ether oxygens (including phenoxy) is 1. The number of fused-ring (bicyclic) bond motifs is 1. The molecule has 8 heteroatoms. The van der Waals surface area contributed by atoms with E-state index in [-0.39, 0.29) is 25.1 Å². The predicted octanol–water partition coefficient (Wildman–Crippen LogP) is 2.94. The minimum Gasteiger partial charge on any atom is -0.487 e. The minimum absolute atomic E-state index is 0.0686. The summed E-state index contributed by atoms with van der Waals surface area (Å²) in [6, 6.07) is 3.49. The summed E-state index contributed by atoms with van der Waals surface area (Å²) in [5.74, 6) is -1.10. The molecule has 0 radical (unpaired) electrons. The Balaban J connectivity index is 2.44. The van der Waals surface area contributed by atoms with Crippen molar-refractivity contribution in [2.24, 2.45) is 0 Å². The van der Waals surface area contributed by atoms with Crippen LogP contribution in [0.4, 0.5) is 4.39 Å². The summed E-state index contributed by atoms with van der Waals surface area (Å²) in [4.78, 5) is 10.8. The lowest BCUT2D eigenvalue weighted by Gasteiger charge is -2.42. The van der Waals surface area contributed by atoms with Gasteiger partial charge in [-0.2, -0.15) is 4.31 Å². The summed E-state index contributed by atoms with van der Waals surface area (Å²) in [6.45, 7) is 5.30. The van der Waals surface area contributed by atoms with Crippen LogP contribution in [0.15, 0.2) is 18.2 Å². The van der Waals surface area contributed by atoms with Crippen LogP contribution in [0, 0.1) is 5.82 Å². The van der Waals surface area contributed by atoms with E-state index in [2.05, 4.69) is 0 Å². The first-order valence-electron chi connectivity index (χ1n) is 8.25.